The van der Waals surface area contributed by atoms with Gasteiger partial charge in [-0.1, -0.05) is 80.6 Å². The average molecular weight is 359 g/mol. The Labute approximate surface area is 162 Å². The molecule has 2 heteroatoms. The molecule has 0 atom stereocenters. The molecule has 0 heterocycles. The van der Waals surface area contributed by atoms with Crippen molar-refractivity contribution in [2.45, 2.75) is 26.7 Å². The van der Waals surface area contributed by atoms with E-state index in [1.807, 2.05) is 30.3 Å². The molecule has 0 N–H and O–H groups in total. The topological polar surface area (TPSA) is 18.5 Å². The lowest BCUT2D eigenvalue weighted by Gasteiger charge is -2.23. The molecule has 0 aliphatic rings. The summed E-state index contributed by atoms with van der Waals surface area (Å²) < 4.78 is 12.1. The molecule has 0 saturated carbocycles. The van der Waals surface area contributed by atoms with Crippen LogP contribution in [0.15, 0.2) is 78.9 Å². The highest BCUT2D eigenvalue weighted by atomic mass is 16.5. The number of ether oxygens (including phenoxy) is 2. The molecule has 0 amide bonds. The van der Waals surface area contributed by atoms with Gasteiger partial charge in [-0.05, 0) is 30.5 Å². The predicted molar refractivity (Wildman–Crippen MR) is 111 cm³/mol. The fourth-order valence-electron chi connectivity index (χ4n) is 3.08. The van der Waals surface area contributed by atoms with Crippen LogP contribution in [0.4, 0.5) is 0 Å². The third-order valence-corrected chi connectivity index (χ3v) is 4.30. The minimum absolute atomic E-state index is 0.701. The van der Waals surface area contributed by atoms with Gasteiger partial charge in [0.15, 0.2) is 0 Å². The summed E-state index contributed by atoms with van der Waals surface area (Å²) in [5.41, 5.74) is 3.33. The van der Waals surface area contributed by atoms with Gasteiger partial charge in [-0.15, -0.1) is 0 Å². The highest BCUT2D eigenvalue weighted by molar-refractivity contribution is 5.64. The van der Waals surface area contributed by atoms with Crippen molar-refractivity contribution in [2.75, 3.05) is 13.2 Å². The number of hydrogen-bond donors (Lipinski definition) is 0. The van der Waals surface area contributed by atoms with Crippen LogP contribution in [0.2, 0.25) is 0 Å². The minimum atomic E-state index is 0.701. The Bertz CT molecular complexity index is 775. The van der Waals surface area contributed by atoms with Gasteiger partial charge in [0, 0.05) is 11.1 Å². The summed E-state index contributed by atoms with van der Waals surface area (Å²) in [6.07, 6.45) is 1.95. The normalized spacial score (nSPS) is 10.8. The lowest BCUT2D eigenvalue weighted by Crippen LogP contribution is -2.10. The van der Waals surface area contributed by atoms with Gasteiger partial charge in [0.1, 0.15) is 11.5 Å². The predicted octanol–water partition coefficient (Wildman–Crippen LogP) is 6.28. The number of benzene rings is 3. The molecule has 0 fully saturated rings. The summed E-state index contributed by atoms with van der Waals surface area (Å²) >= 11 is 0. The van der Waals surface area contributed by atoms with Crippen LogP contribution in [0, 0.1) is 5.92 Å². The molecular formula is C25H27O2. The van der Waals surface area contributed by atoms with Crippen molar-refractivity contribution < 1.29 is 9.47 Å². The highest BCUT2D eigenvalue weighted by Gasteiger charge is 2.24. The van der Waals surface area contributed by atoms with Gasteiger partial charge >= 0.3 is 0 Å². The van der Waals surface area contributed by atoms with Crippen LogP contribution in [-0.2, 0) is 0 Å². The van der Waals surface area contributed by atoms with E-state index in [1.165, 1.54) is 0 Å². The molecule has 2 nitrogen and oxygen atoms in total. The fraction of sp³-hybridized carbons (Fsp3) is 0.240. The molecule has 0 aromatic heterocycles. The first-order valence-electron chi connectivity index (χ1n) is 9.72. The van der Waals surface area contributed by atoms with Crippen molar-refractivity contribution >= 4 is 0 Å². The molecule has 3 aromatic carbocycles. The Hall–Kier alpha value is -2.74. The molecule has 0 aliphatic heterocycles. The lowest BCUT2D eigenvalue weighted by molar-refractivity contribution is 0.312. The van der Waals surface area contributed by atoms with E-state index in [2.05, 4.69) is 62.4 Å². The highest BCUT2D eigenvalue weighted by Crippen LogP contribution is 2.40. The van der Waals surface area contributed by atoms with Gasteiger partial charge in [0.2, 0.25) is 0 Å². The van der Waals surface area contributed by atoms with Crippen LogP contribution in [0.25, 0.3) is 0 Å². The second-order valence-corrected chi connectivity index (χ2v) is 6.43. The van der Waals surface area contributed by atoms with Crippen molar-refractivity contribution in [1.82, 2.24) is 0 Å². The summed E-state index contributed by atoms with van der Waals surface area (Å²) in [5, 5.41) is 0. The van der Waals surface area contributed by atoms with Crippen LogP contribution in [-0.4, -0.2) is 13.2 Å². The third kappa shape index (κ3) is 4.71. The zero-order valence-corrected chi connectivity index (χ0v) is 16.2. The number of hydrogen-bond acceptors (Lipinski definition) is 2. The molecule has 1 radical (unpaired) electrons. The molecule has 0 bridgehead atoms. The molecule has 27 heavy (non-hydrogen) atoms. The van der Waals surface area contributed by atoms with E-state index in [0.717, 1.165) is 46.9 Å². The van der Waals surface area contributed by atoms with Crippen molar-refractivity contribution in [1.29, 1.82) is 0 Å². The summed E-state index contributed by atoms with van der Waals surface area (Å²) in [6, 6.07) is 27.0. The maximum absolute atomic E-state index is 6.07. The smallest absolute Gasteiger partial charge is 0.123 e. The maximum Gasteiger partial charge on any atom is 0.123 e. The first-order valence-corrected chi connectivity index (χ1v) is 9.72. The van der Waals surface area contributed by atoms with E-state index in [4.69, 9.17) is 9.47 Å². The summed E-state index contributed by atoms with van der Waals surface area (Å²) in [7, 11) is 0. The first-order chi connectivity index (χ1) is 13.3. The fourth-order valence-corrected chi connectivity index (χ4v) is 3.08. The van der Waals surface area contributed by atoms with E-state index in [1.54, 1.807) is 0 Å². The van der Waals surface area contributed by atoms with Crippen LogP contribution in [0.5, 0.6) is 11.5 Å². The van der Waals surface area contributed by atoms with Gasteiger partial charge in [-0.2, -0.15) is 0 Å². The molecule has 0 unspecified atom stereocenters. The van der Waals surface area contributed by atoms with E-state index in [-0.39, 0.29) is 0 Å². The Balaban J connectivity index is 2.12. The molecule has 0 aliphatic carbocycles. The van der Waals surface area contributed by atoms with E-state index in [0.29, 0.717) is 13.2 Å². The maximum atomic E-state index is 6.07. The van der Waals surface area contributed by atoms with Crippen molar-refractivity contribution in [2.24, 2.45) is 0 Å². The Morgan fingerprint density at radius 2 is 1.04 bits per heavy atom. The first kappa shape index (κ1) is 19.0. The van der Waals surface area contributed by atoms with Crippen molar-refractivity contribution in [3.63, 3.8) is 0 Å². The zero-order valence-electron chi connectivity index (χ0n) is 16.2. The summed E-state index contributed by atoms with van der Waals surface area (Å²) in [4.78, 5) is 0. The summed E-state index contributed by atoms with van der Waals surface area (Å²) in [6.45, 7) is 5.65. The van der Waals surface area contributed by atoms with Crippen LogP contribution in [0.3, 0.4) is 0 Å². The Morgan fingerprint density at radius 3 is 1.52 bits per heavy atom. The van der Waals surface area contributed by atoms with Gasteiger partial charge in [-0.25, -0.2) is 0 Å². The summed E-state index contributed by atoms with van der Waals surface area (Å²) in [5.74, 6) is 2.95. The largest absolute Gasteiger partial charge is 0.493 e. The Kier molecular flexibility index (Phi) is 6.92. The Morgan fingerprint density at radius 1 is 0.593 bits per heavy atom. The molecule has 3 aromatic rings. The second kappa shape index (κ2) is 9.82. The SMILES string of the molecule is CCCOc1ccccc1[C](c1ccccc1)c1ccccc1OCCC. The standard InChI is InChI=1S/C25H27O2/c1-3-18-26-23-16-10-8-14-21(23)25(20-12-6-5-7-13-20)22-15-9-11-17-24(22)27-19-4-2/h5-17H,3-4,18-19H2,1-2H3. The van der Waals surface area contributed by atoms with Gasteiger partial charge in [-0.3, -0.25) is 0 Å². The third-order valence-electron chi connectivity index (χ3n) is 4.30. The van der Waals surface area contributed by atoms with E-state index >= 15 is 0 Å². The monoisotopic (exact) mass is 359 g/mol. The van der Waals surface area contributed by atoms with E-state index < -0.39 is 0 Å². The van der Waals surface area contributed by atoms with Crippen molar-refractivity contribution in [3.05, 3.63) is 101 Å². The number of para-hydroxylation sites is 2. The van der Waals surface area contributed by atoms with Crippen LogP contribution in [0.1, 0.15) is 43.4 Å². The van der Waals surface area contributed by atoms with Gasteiger partial charge in [0.05, 0.1) is 19.1 Å². The molecule has 0 spiro atoms. The average Bonchev–Trinajstić information content (AvgIpc) is 2.73. The molecule has 0 saturated heterocycles. The van der Waals surface area contributed by atoms with Crippen LogP contribution < -0.4 is 9.47 Å². The van der Waals surface area contributed by atoms with Crippen LogP contribution >= 0.6 is 0 Å². The van der Waals surface area contributed by atoms with Gasteiger partial charge in [0.25, 0.3) is 0 Å². The molecule has 3 rings (SSSR count). The minimum Gasteiger partial charge on any atom is -0.493 e. The van der Waals surface area contributed by atoms with E-state index in [9.17, 15) is 0 Å². The second-order valence-electron chi connectivity index (χ2n) is 6.43. The van der Waals surface area contributed by atoms with Crippen molar-refractivity contribution in [3.8, 4) is 11.5 Å². The quantitative estimate of drug-likeness (QED) is 0.418. The molecular weight excluding hydrogens is 332 g/mol. The number of rotatable bonds is 9. The molecule has 139 valence electrons. The zero-order chi connectivity index (χ0) is 18.9. The lowest BCUT2D eigenvalue weighted by atomic mass is 9.84. The van der Waals surface area contributed by atoms with Gasteiger partial charge < -0.3 is 9.47 Å².